The molecule has 2 aromatic rings. The maximum atomic E-state index is 11.9. The van der Waals surface area contributed by atoms with Crippen molar-refractivity contribution < 1.29 is 4.79 Å². The first-order chi connectivity index (χ1) is 9.16. The Balaban J connectivity index is 1.99. The molecule has 0 aliphatic rings. The predicted molar refractivity (Wildman–Crippen MR) is 71.5 cm³/mol. The summed E-state index contributed by atoms with van der Waals surface area (Å²) >= 11 is 0. The number of pyridine rings is 2. The Kier molecular flexibility index (Phi) is 4.07. The molecule has 0 bridgehead atoms. The summed E-state index contributed by atoms with van der Waals surface area (Å²) in [6, 6.07) is 8.38. The fraction of sp³-hybridized carbons (Fsp3) is 0.214. The number of carbonyl (C=O) groups is 1. The highest BCUT2D eigenvalue weighted by atomic mass is 16.2. The van der Waals surface area contributed by atoms with Crippen LogP contribution in [0, 0.1) is 0 Å². The van der Waals surface area contributed by atoms with Crippen LogP contribution in [0.5, 0.6) is 0 Å². The lowest BCUT2D eigenvalue weighted by Crippen LogP contribution is -2.33. The van der Waals surface area contributed by atoms with Gasteiger partial charge in [-0.15, -0.1) is 0 Å². The third-order valence-corrected chi connectivity index (χ3v) is 2.80. The molecule has 1 unspecified atom stereocenters. The van der Waals surface area contributed by atoms with Crippen LogP contribution in [0.1, 0.15) is 18.5 Å². The lowest BCUT2D eigenvalue weighted by molar-refractivity contribution is -0.122. The predicted octanol–water partition coefficient (Wildman–Crippen LogP) is 1.12. The molecule has 2 heterocycles. The van der Waals surface area contributed by atoms with Crippen molar-refractivity contribution in [2.75, 3.05) is 0 Å². The van der Waals surface area contributed by atoms with E-state index >= 15 is 0 Å². The zero-order valence-electron chi connectivity index (χ0n) is 10.6. The molecule has 0 spiro atoms. The Bertz CT molecular complexity index is 607. The van der Waals surface area contributed by atoms with Crippen molar-refractivity contribution >= 4 is 5.91 Å². The summed E-state index contributed by atoms with van der Waals surface area (Å²) in [7, 11) is 0. The van der Waals surface area contributed by atoms with Gasteiger partial charge >= 0.3 is 0 Å². The van der Waals surface area contributed by atoms with E-state index in [2.05, 4.69) is 10.3 Å². The summed E-state index contributed by atoms with van der Waals surface area (Å²) in [4.78, 5) is 27.3. The molecular weight excluding hydrogens is 242 g/mol. The number of nitrogens with zero attached hydrogens (tertiary/aromatic N) is 2. The average Bonchev–Trinajstić information content (AvgIpc) is 2.42. The van der Waals surface area contributed by atoms with E-state index < -0.39 is 0 Å². The molecule has 5 nitrogen and oxygen atoms in total. The SMILES string of the molecule is CC(NC(=O)Cn1ccccc1=O)c1ccncc1. The van der Waals surface area contributed by atoms with Crippen molar-refractivity contribution in [3.8, 4) is 0 Å². The number of nitrogens with one attached hydrogen (secondary N) is 1. The van der Waals surface area contributed by atoms with Crippen LogP contribution in [-0.4, -0.2) is 15.5 Å². The van der Waals surface area contributed by atoms with Gasteiger partial charge in [-0.25, -0.2) is 0 Å². The summed E-state index contributed by atoms with van der Waals surface area (Å²) in [5, 5.41) is 2.85. The molecule has 0 aromatic carbocycles. The fourth-order valence-electron chi connectivity index (χ4n) is 1.77. The number of rotatable bonds is 4. The molecule has 0 aliphatic heterocycles. The molecule has 0 fully saturated rings. The van der Waals surface area contributed by atoms with Crippen molar-refractivity contribution in [2.45, 2.75) is 19.5 Å². The van der Waals surface area contributed by atoms with Gasteiger partial charge < -0.3 is 9.88 Å². The topological polar surface area (TPSA) is 64.0 Å². The molecule has 5 heteroatoms. The Labute approximate surface area is 110 Å². The minimum Gasteiger partial charge on any atom is -0.348 e. The van der Waals surface area contributed by atoms with Crippen LogP contribution >= 0.6 is 0 Å². The van der Waals surface area contributed by atoms with Gasteiger partial charge in [0, 0.05) is 24.7 Å². The lowest BCUT2D eigenvalue weighted by Gasteiger charge is -2.14. The summed E-state index contributed by atoms with van der Waals surface area (Å²) < 4.78 is 1.37. The van der Waals surface area contributed by atoms with E-state index in [-0.39, 0.29) is 24.1 Å². The molecule has 0 saturated heterocycles. The second-order valence-corrected chi connectivity index (χ2v) is 4.24. The van der Waals surface area contributed by atoms with Crippen molar-refractivity contribution in [1.82, 2.24) is 14.9 Å². The summed E-state index contributed by atoms with van der Waals surface area (Å²) in [6.45, 7) is 1.91. The van der Waals surface area contributed by atoms with Gasteiger partial charge in [0.1, 0.15) is 6.54 Å². The lowest BCUT2D eigenvalue weighted by atomic mass is 10.1. The van der Waals surface area contributed by atoms with Crippen LogP contribution in [0.2, 0.25) is 0 Å². The van der Waals surface area contributed by atoms with E-state index in [0.717, 1.165) is 5.56 Å². The van der Waals surface area contributed by atoms with E-state index in [1.54, 1.807) is 30.7 Å². The highest BCUT2D eigenvalue weighted by Gasteiger charge is 2.09. The van der Waals surface area contributed by atoms with Crippen molar-refractivity contribution in [2.24, 2.45) is 0 Å². The number of hydrogen-bond donors (Lipinski definition) is 1. The Morgan fingerprint density at radius 3 is 2.74 bits per heavy atom. The summed E-state index contributed by atoms with van der Waals surface area (Å²) in [6.07, 6.45) is 4.96. The van der Waals surface area contributed by atoms with Gasteiger partial charge in [-0.05, 0) is 30.7 Å². The normalized spacial score (nSPS) is 11.8. The molecule has 0 radical (unpaired) electrons. The first-order valence-corrected chi connectivity index (χ1v) is 6.01. The van der Waals surface area contributed by atoms with Crippen molar-refractivity contribution in [3.05, 3.63) is 64.8 Å². The molecule has 2 rings (SSSR count). The zero-order chi connectivity index (χ0) is 13.7. The molecule has 98 valence electrons. The largest absolute Gasteiger partial charge is 0.348 e. The second kappa shape index (κ2) is 5.95. The van der Waals surface area contributed by atoms with E-state index in [0.29, 0.717) is 0 Å². The molecule has 1 N–H and O–H groups in total. The first-order valence-electron chi connectivity index (χ1n) is 6.01. The maximum absolute atomic E-state index is 11.9. The molecule has 1 amide bonds. The fourth-order valence-corrected chi connectivity index (χ4v) is 1.77. The van der Waals surface area contributed by atoms with Gasteiger partial charge in [0.05, 0.1) is 6.04 Å². The number of aromatic nitrogens is 2. The Morgan fingerprint density at radius 2 is 2.05 bits per heavy atom. The zero-order valence-corrected chi connectivity index (χ0v) is 10.6. The van der Waals surface area contributed by atoms with Crippen LogP contribution in [0.3, 0.4) is 0 Å². The van der Waals surface area contributed by atoms with Crippen molar-refractivity contribution in [3.63, 3.8) is 0 Å². The number of carbonyl (C=O) groups excluding carboxylic acids is 1. The van der Waals surface area contributed by atoms with Gasteiger partial charge in [0.2, 0.25) is 5.91 Å². The molecule has 2 aromatic heterocycles. The average molecular weight is 257 g/mol. The third-order valence-electron chi connectivity index (χ3n) is 2.80. The molecule has 1 atom stereocenters. The van der Waals surface area contributed by atoms with Crippen LogP contribution in [-0.2, 0) is 11.3 Å². The standard InChI is InChI=1S/C14H15N3O2/c1-11(12-5-7-15-8-6-12)16-13(18)10-17-9-3-2-4-14(17)19/h2-9,11H,10H2,1H3,(H,16,18). The minimum absolute atomic E-state index is 0.0229. The molecule has 0 saturated carbocycles. The Hall–Kier alpha value is -2.43. The molecular formula is C14H15N3O2. The summed E-state index contributed by atoms with van der Waals surface area (Å²) in [5.41, 5.74) is 0.790. The summed E-state index contributed by atoms with van der Waals surface area (Å²) in [5.74, 6) is -0.197. The minimum atomic E-state index is -0.197. The smallest absolute Gasteiger partial charge is 0.250 e. The van der Waals surface area contributed by atoms with Gasteiger partial charge in [-0.1, -0.05) is 6.07 Å². The third kappa shape index (κ3) is 3.51. The van der Waals surface area contributed by atoms with E-state index in [1.807, 2.05) is 19.1 Å². The Morgan fingerprint density at radius 1 is 1.32 bits per heavy atom. The van der Waals surface area contributed by atoms with Crippen molar-refractivity contribution in [1.29, 1.82) is 0 Å². The van der Waals surface area contributed by atoms with E-state index in [9.17, 15) is 9.59 Å². The quantitative estimate of drug-likeness (QED) is 0.892. The van der Waals surface area contributed by atoms with Crippen LogP contribution in [0.4, 0.5) is 0 Å². The van der Waals surface area contributed by atoms with Crippen LogP contribution in [0.25, 0.3) is 0 Å². The monoisotopic (exact) mass is 257 g/mol. The van der Waals surface area contributed by atoms with Gasteiger partial charge in [0.15, 0.2) is 0 Å². The first kappa shape index (κ1) is 13.0. The van der Waals surface area contributed by atoms with Crippen LogP contribution < -0.4 is 10.9 Å². The molecule has 19 heavy (non-hydrogen) atoms. The maximum Gasteiger partial charge on any atom is 0.250 e. The second-order valence-electron chi connectivity index (χ2n) is 4.24. The van der Waals surface area contributed by atoms with Gasteiger partial charge in [-0.2, -0.15) is 0 Å². The van der Waals surface area contributed by atoms with Gasteiger partial charge in [-0.3, -0.25) is 14.6 Å². The number of hydrogen-bond acceptors (Lipinski definition) is 3. The van der Waals surface area contributed by atoms with Gasteiger partial charge in [0.25, 0.3) is 5.56 Å². The highest BCUT2D eigenvalue weighted by molar-refractivity contribution is 5.76. The van der Waals surface area contributed by atoms with Crippen LogP contribution in [0.15, 0.2) is 53.7 Å². The molecule has 0 aliphatic carbocycles. The highest BCUT2D eigenvalue weighted by Crippen LogP contribution is 2.09. The number of amides is 1. The van der Waals surface area contributed by atoms with E-state index in [4.69, 9.17) is 0 Å². The van der Waals surface area contributed by atoms with E-state index in [1.165, 1.54) is 10.6 Å².